The predicted molar refractivity (Wildman–Crippen MR) is 73.8 cm³/mol. The predicted octanol–water partition coefficient (Wildman–Crippen LogP) is 2.07. The van der Waals surface area contributed by atoms with Crippen molar-refractivity contribution in [1.29, 1.82) is 0 Å². The van der Waals surface area contributed by atoms with Gasteiger partial charge in [-0.3, -0.25) is 0 Å². The number of aryl methyl sites for hydroxylation is 2. The molecule has 1 aromatic heterocycles. The molecule has 0 N–H and O–H groups in total. The largest absolute Gasteiger partial charge is 0.306 e. The fourth-order valence-electron chi connectivity index (χ4n) is 2.48. The summed E-state index contributed by atoms with van der Waals surface area (Å²) in [6, 6.07) is 2.14. The van der Waals surface area contributed by atoms with E-state index in [1.807, 2.05) is 0 Å². The Bertz CT molecular complexity index is 381. The van der Waals surface area contributed by atoms with Gasteiger partial charge in [-0.1, -0.05) is 0 Å². The molecule has 1 aromatic rings. The maximum atomic E-state index is 4.69. The number of aromatic nitrogens is 2. The number of nitrogens with zero attached hydrogens (tertiary/aromatic N) is 3. The molecule has 1 atom stereocenters. The Morgan fingerprint density at radius 1 is 1.47 bits per heavy atom. The van der Waals surface area contributed by atoms with Crippen LogP contribution in [-0.2, 0) is 6.42 Å². The van der Waals surface area contributed by atoms with Crippen LogP contribution in [0.5, 0.6) is 0 Å². The summed E-state index contributed by atoms with van der Waals surface area (Å²) in [6.07, 6.45) is 3.38. The fraction of sp³-hybridized carbons (Fsp3) is 0.692. The lowest BCUT2D eigenvalue weighted by Gasteiger charge is -2.29. The summed E-state index contributed by atoms with van der Waals surface area (Å²) < 4.78 is 0. The molecule has 2 heterocycles. The summed E-state index contributed by atoms with van der Waals surface area (Å²) in [5.74, 6) is 2.34. The molecule has 1 saturated heterocycles. The van der Waals surface area contributed by atoms with Crippen LogP contribution in [0.1, 0.15) is 36.0 Å². The molecular formula is C13H21N3S. The molecule has 1 aliphatic heterocycles. The van der Waals surface area contributed by atoms with Gasteiger partial charge in [-0.2, -0.15) is 12.6 Å². The maximum Gasteiger partial charge on any atom is 0.129 e. The molecule has 0 spiro atoms. The highest BCUT2D eigenvalue weighted by atomic mass is 32.1. The molecule has 94 valence electrons. The van der Waals surface area contributed by atoms with Crippen molar-refractivity contribution in [3.05, 3.63) is 23.3 Å². The third-order valence-electron chi connectivity index (χ3n) is 3.30. The van der Waals surface area contributed by atoms with Crippen LogP contribution < -0.4 is 0 Å². The highest BCUT2D eigenvalue weighted by molar-refractivity contribution is 7.80. The van der Waals surface area contributed by atoms with Crippen LogP contribution in [0.2, 0.25) is 0 Å². The number of thiol groups is 1. The van der Waals surface area contributed by atoms with Crippen molar-refractivity contribution in [2.45, 2.75) is 32.1 Å². The van der Waals surface area contributed by atoms with E-state index in [1.54, 1.807) is 0 Å². The van der Waals surface area contributed by atoms with Crippen LogP contribution in [0.4, 0.5) is 0 Å². The zero-order valence-electron chi connectivity index (χ0n) is 10.7. The van der Waals surface area contributed by atoms with Gasteiger partial charge < -0.3 is 4.90 Å². The molecule has 2 rings (SSSR count). The lowest BCUT2D eigenvalue weighted by Crippen LogP contribution is -2.31. The number of hydrogen-bond acceptors (Lipinski definition) is 4. The summed E-state index contributed by atoms with van der Waals surface area (Å²) in [5.41, 5.74) is 2.31. The topological polar surface area (TPSA) is 29.0 Å². The molecular weight excluding hydrogens is 230 g/mol. The van der Waals surface area contributed by atoms with E-state index >= 15 is 0 Å². The van der Waals surface area contributed by atoms with Gasteiger partial charge >= 0.3 is 0 Å². The van der Waals surface area contributed by atoms with E-state index in [2.05, 4.69) is 42.6 Å². The Labute approximate surface area is 109 Å². The first-order valence-corrected chi connectivity index (χ1v) is 6.96. The monoisotopic (exact) mass is 251 g/mol. The van der Waals surface area contributed by atoms with Gasteiger partial charge in [-0.25, -0.2) is 9.97 Å². The average Bonchev–Trinajstić information content (AvgIpc) is 2.28. The van der Waals surface area contributed by atoms with E-state index in [9.17, 15) is 0 Å². The lowest BCUT2D eigenvalue weighted by atomic mass is 9.94. The molecule has 17 heavy (non-hydrogen) atoms. The SMILES string of the molecule is Cc1cc(C2CCCN(C)C2)nc(CCS)n1. The number of piperidine rings is 1. The number of likely N-dealkylation sites (N-methyl/N-ethyl adjacent to an activating group) is 1. The van der Waals surface area contributed by atoms with Crippen LogP contribution in [0.25, 0.3) is 0 Å². The van der Waals surface area contributed by atoms with Gasteiger partial charge in [0.15, 0.2) is 0 Å². The third kappa shape index (κ3) is 3.42. The maximum absolute atomic E-state index is 4.69. The van der Waals surface area contributed by atoms with Crippen molar-refractivity contribution < 1.29 is 0 Å². The molecule has 0 amide bonds. The first-order valence-electron chi connectivity index (χ1n) is 6.33. The van der Waals surface area contributed by atoms with Gasteiger partial charge in [0, 0.05) is 30.3 Å². The van der Waals surface area contributed by atoms with Crippen LogP contribution >= 0.6 is 12.6 Å². The third-order valence-corrected chi connectivity index (χ3v) is 3.52. The highest BCUT2D eigenvalue weighted by Gasteiger charge is 2.20. The first-order chi connectivity index (χ1) is 8.19. The first kappa shape index (κ1) is 12.8. The Morgan fingerprint density at radius 3 is 3.00 bits per heavy atom. The van der Waals surface area contributed by atoms with E-state index in [0.29, 0.717) is 5.92 Å². The highest BCUT2D eigenvalue weighted by Crippen LogP contribution is 2.25. The van der Waals surface area contributed by atoms with Crippen molar-refractivity contribution in [1.82, 2.24) is 14.9 Å². The molecule has 0 radical (unpaired) electrons. The summed E-state index contributed by atoms with van der Waals surface area (Å²) in [7, 11) is 2.19. The number of likely N-dealkylation sites (tertiary alicyclic amines) is 1. The lowest BCUT2D eigenvalue weighted by molar-refractivity contribution is 0.248. The minimum absolute atomic E-state index is 0.578. The fourth-order valence-corrected chi connectivity index (χ4v) is 2.68. The normalized spacial score (nSPS) is 21.7. The quantitative estimate of drug-likeness (QED) is 0.834. The molecule has 4 heteroatoms. The standard InChI is InChI=1S/C13H21N3S/c1-10-8-12(15-13(14-10)5-7-17)11-4-3-6-16(2)9-11/h8,11,17H,3-7,9H2,1-2H3. The zero-order chi connectivity index (χ0) is 12.3. The van der Waals surface area contributed by atoms with Crippen molar-refractivity contribution in [3.8, 4) is 0 Å². The van der Waals surface area contributed by atoms with Crippen molar-refractivity contribution in [2.75, 3.05) is 25.9 Å². The van der Waals surface area contributed by atoms with Crippen LogP contribution in [0, 0.1) is 6.92 Å². The van der Waals surface area contributed by atoms with Gasteiger partial charge in [0.1, 0.15) is 5.82 Å². The van der Waals surface area contributed by atoms with Gasteiger partial charge in [0.05, 0.1) is 0 Å². The Kier molecular flexibility index (Phi) is 4.40. The van der Waals surface area contributed by atoms with E-state index in [-0.39, 0.29) is 0 Å². The van der Waals surface area contributed by atoms with E-state index < -0.39 is 0 Å². The van der Waals surface area contributed by atoms with Gasteiger partial charge in [0.25, 0.3) is 0 Å². The minimum Gasteiger partial charge on any atom is -0.306 e. The van der Waals surface area contributed by atoms with Crippen molar-refractivity contribution in [3.63, 3.8) is 0 Å². The molecule has 1 unspecified atom stereocenters. The van der Waals surface area contributed by atoms with Gasteiger partial charge in [-0.05, 0) is 45.2 Å². The number of hydrogen-bond donors (Lipinski definition) is 1. The minimum atomic E-state index is 0.578. The summed E-state index contributed by atoms with van der Waals surface area (Å²) >= 11 is 4.25. The second-order valence-corrected chi connectivity index (χ2v) is 5.37. The molecule has 1 fully saturated rings. The number of rotatable bonds is 3. The molecule has 0 aliphatic carbocycles. The van der Waals surface area contributed by atoms with Crippen LogP contribution in [-0.4, -0.2) is 40.8 Å². The van der Waals surface area contributed by atoms with Crippen LogP contribution in [0.3, 0.4) is 0 Å². The Hall–Kier alpha value is -0.610. The van der Waals surface area contributed by atoms with E-state index in [1.165, 1.54) is 25.1 Å². The molecule has 1 aliphatic rings. The van der Waals surface area contributed by atoms with Gasteiger partial charge in [0.2, 0.25) is 0 Å². The average molecular weight is 251 g/mol. The molecule has 0 bridgehead atoms. The zero-order valence-corrected chi connectivity index (χ0v) is 11.6. The molecule has 0 saturated carbocycles. The molecule has 3 nitrogen and oxygen atoms in total. The summed E-state index contributed by atoms with van der Waals surface area (Å²) in [5, 5.41) is 0. The van der Waals surface area contributed by atoms with E-state index in [4.69, 9.17) is 4.98 Å². The van der Waals surface area contributed by atoms with E-state index in [0.717, 1.165) is 30.2 Å². The second-order valence-electron chi connectivity index (χ2n) is 4.93. The molecule has 0 aromatic carbocycles. The Morgan fingerprint density at radius 2 is 2.29 bits per heavy atom. The summed E-state index contributed by atoms with van der Waals surface area (Å²) in [4.78, 5) is 11.6. The van der Waals surface area contributed by atoms with Crippen LogP contribution in [0.15, 0.2) is 6.07 Å². The second kappa shape index (κ2) is 5.83. The van der Waals surface area contributed by atoms with Crippen molar-refractivity contribution in [2.24, 2.45) is 0 Å². The smallest absolute Gasteiger partial charge is 0.129 e. The van der Waals surface area contributed by atoms with Crippen molar-refractivity contribution >= 4 is 12.6 Å². The Balaban J connectivity index is 2.18. The summed E-state index contributed by atoms with van der Waals surface area (Å²) in [6.45, 7) is 4.39. The van der Waals surface area contributed by atoms with Gasteiger partial charge in [-0.15, -0.1) is 0 Å².